The van der Waals surface area contributed by atoms with E-state index in [4.69, 9.17) is 28.8 Å². The fourth-order valence-electron chi connectivity index (χ4n) is 5.12. The Morgan fingerprint density at radius 2 is 1.89 bits per heavy atom. The zero-order valence-electron chi connectivity index (χ0n) is 27.3. The first-order chi connectivity index (χ1) is 22.1. The molecule has 2 aromatic carbocycles. The molecule has 0 aliphatic carbocycles. The summed E-state index contributed by atoms with van der Waals surface area (Å²) >= 11 is 6.25. The molecule has 2 atom stereocenters. The molecule has 0 bridgehead atoms. The van der Waals surface area contributed by atoms with E-state index in [0.717, 1.165) is 56.2 Å². The number of aromatic amines is 1. The number of nitrogens with zero attached hydrogens (tertiary/aromatic N) is 3. The average molecular weight is 655 g/mol. The monoisotopic (exact) mass is 654 g/mol. The molecule has 8 N–H and O–H groups in total. The number of aromatic nitrogens is 3. The quantitative estimate of drug-likeness (QED) is 0.0665. The Morgan fingerprint density at radius 3 is 2.54 bits per heavy atom. The lowest BCUT2D eigenvalue weighted by Gasteiger charge is -2.19. The Bertz CT molecular complexity index is 1620. The Labute approximate surface area is 275 Å². The Hall–Kier alpha value is -3.61. The lowest BCUT2D eigenvalue weighted by Crippen LogP contribution is -2.25. The van der Waals surface area contributed by atoms with E-state index in [1.807, 2.05) is 31.2 Å². The predicted molar refractivity (Wildman–Crippen MR) is 187 cm³/mol. The van der Waals surface area contributed by atoms with Crippen molar-refractivity contribution in [3.63, 3.8) is 0 Å². The van der Waals surface area contributed by atoms with Gasteiger partial charge in [0.25, 0.3) is 0 Å². The van der Waals surface area contributed by atoms with Gasteiger partial charge in [-0.1, -0.05) is 37.1 Å². The summed E-state index contributed by atoms with van der Waals surface area (Å²) in [6.07, 6.45) is 7.05. The number of nitrogens with one attached hydrogen (secondary N) is 2. The Morgan fingerprint density at radius 1 is 1.17 bits per heavy atom. The van der Waals surface area contributed by atoms with Gasteiger partial charge in [0.05, 0.1) is 22.9 Å². The van der Waals surface area contributed by atoms with Gasteiger partial charge in [-0.2, -0.15) is 4.98 Å². The number of aryl methyl sites for hydroxylation is 1. The van der Waals surface area contributed by atoms with Crippen molar-refractivity contribution >= 4 is 28.5 Å². The van der Waals surface area contributed by atoms with Crippen molar-refractivity contribution in [2.75, 3.05) is 33.9 Å². The molecule has 0 amide bonds. The number of fused-ring (bicyclic) bond motifs is 1. The first kappa shape index (κ1) is 36.9. The average Bonchev–Trinajstić information content (AvgIpc) is 3.44. The molecule has 250 valence electrons. The van der Waals surface area contributed by atoms with E-state index in [1.54, 1.807) is 38.6 Å². The fraction of sp³-hybridized carbons (Fsp3) is 0.441. The maximum Gasteiger partial charge on any atom is 0.354 e. The molecule has 0 radical (unpaired) electrons. The molecular weight excluding hydrogens is 607 g/mol. The van der Waals surface area contributed by atoms with E-state index in [9.17, 15) is 4.79 Å². The molecule has 0 spiro atoms. The molecule has 4 rings (SSSR count). The number of aliphatic imine (C=N–C) groups is 1. The third-order valence-corrected chi connectivity index (χ3v) is 7.69. The molecule has 0 fully saturated rings. The van der Waals surface area contributed by atoms with Crippen molar-refractivity contribution in [3.8, 4) is 16.9 Å². The summed E-state index contributed by atoms with van der Waals surface area (Å²) in [6, 6.07) is 13.4. The van der Waals surface area contributed by atoms with E-state index in [1.165, 1.54) is 4.57 Å². The summed E-state index contributed by atoms with van der Waals surface area (Å²) in [5.74, 6) is -0.0494. The molecule has 2 unspecified atom stereocenters. The summed E-state index contributed by atoms with van der Waals surface area (Å²) in [4.78, 5) is 24.6. The van der Waals surface area contributed by atoms with Crippen LogP contribution in [-0.2, 0) is 11.2 Å². The molecule has 0 saturated carbocycles. The van der Waals surface area contributed by atoms with Crippen LogP contribution in [-0.4, -0.2) is 60.3 Å². The van der Waals surface area contributed by atoms with Gasteiger partial charge in [0.1, 0.15) is 11.5 Å². The number of H-pyrrole nitrogens is 1. The smallest absolute Gasteiger partial charge is 0.354 e. The van der Waals surface area contributed by atoms with Crippen LogP contribution in [0, 0.1) is 5.82 Å². The highest BCUT2D eigenvalue weighted by Gasteiger charge is 2.16. The lowest BCUT2D eigenvalue weighted by atomic mass is 10.0. The van der Waals surface area contributed by atoms with Crippen molar-refractivity contribution in [2.24, 2.45) is 22.2 Å². The van der Waals surface area contributed by atoms with Gasteiger partial charge >= 0.3 is 5.69 Å². The van der Waals surface area contributed by atoms with Gasteiger partial charge in [-0.15, -0.1) is 0 Å². The van der Waals surface area contributed by atoms with Gasteiger partial charge in [0, 0.05) is 50.0 Å². The van der Waals surface area contributed by atoms with E-state index in [0.29, 0.717) is 40.4 Å². The van der Waals surface area contributed by atoms with E-state index in [2.05, 4.69) is 31.9 Å². The number of methoxy groups -OCH3 is 1. The van der Waals surface area contributed by atoms with Gasteiger partial charge in [-0.3, -0.25) is 9.56 Å². The first-order valence-corrected chi connectivity index (χ1v) is 16.1. The highest BCUT2D eigenvalue weighted by Crippen LogP contribution is 2.31. The maximum absolute atomic E-state index is 15.1. The number of benzene rings is 2. The van der Waals surface area contributed by atoms with Crippen molar-refractivity contribution in [3.05, 3.63) is 81.1 Å². The van der Waals surface area contributed by atoms with Crippen LogP contribution in [0.5, 0.6) is 0 Å². The van der Waals surface area contributed by atoms with Crippen LogP contribution in [0.4, 0.5) is 4.39 Å². The van der Waals surface area contributed by atoms with E-state index in [-0.39, 0.29) is 23.7 Å². The third kappa shape index (κ3) is 10.5. The van der Waals surface area contributed by atoms with Crippen LogP contribution in [0.15, 0.2) is 58.4 Å². The summed E-state index contributed by atoms with van der Waals surface area (Å²) in [7, 11) is 3.25. The zero-order valence-corrected chi connectivity index (χ0v) is 28.0. The first-order valence-electron chi connectivity index (χ1n) is 15.7. The van der Waals surface area contributed by atoms with E-state index >= 15 is 4.39 Å². The van der Waals surface area contributed by atoms with Crippen LogP contribution in [0.25, 0.3) is 28.0 Å². The van der Waals surface area contributed by atoms with Crippen LogP contribution >= 0.6 is 11.6 Å². The van der Waals surface area contributed by atoms with Crippen molar-refractivity contribution in [1.82, 2.24) is 19.9 Å². The molecule has 4 aromatic rings. The third-order valence-electron chi connectivity index (χ3n) is 7.41. The molecule has 2 aromatic heterocycles. The molecule has 10 nitrogen and oxygen atoms in total. The number of halogens is 2. The summed E-state index contributed by atoms with van der Waals surface area (Å²) in [5.41, 5.74) is 20.6. The molecule has 2 heterocycles. The minimum absolute atomic E-state index is 0.0558. The number of nitrogens with two attached hydrogens (primary N) is 3. The minimum Gasteiger partial charge on any atom is -0.388 e. The number of ether oxygens (including phenoxy) is 1. The van der Waals surface area contributed by atoms with E-state index < -0.39 is 11.5 Å². The van der Waals surface area contributed by atoms with Gasteiger partial charge in [0.15, 0.2) is 5.82 Å². The largest absolute Gasteiger partial charge is 0.388 e. The molecule has 0 aliphatic heterocycles. The highest BCUT2D eigenvalue weighted by atomic mass is 35.5. The number of hydrogen-bond acceptors (Lipinski definition) is 7. The number of amidine groups is 1. The van der Waals surface area contributed by atoms with Gasteiger partial charge < -0.3 is 32.2 Å². The van der Waals surface area contributed by atoms with Gasteiger partial charge in [0.2, 0.25) is 0 Å². The fourth-order valence-corrected chi connectivity index (χ4v) is 5.37. The second-order valence-electron chi connectivity index (χ2n) is 11.4. The summed E-state index contributed by atoms with van der Waals surface area (Å²) in [5, 5.41) is 4.33. The Balaban J connectivity index is 0.00000185. The topological polar surface area (TPSA) is 162 Å². The number of rotatable bonds is 15. The zero-order chi connectivity index (χ0) is 33.6. The number of hydrogen-bond donors (Lipinski definition) is 5. The van der Waals surface area contributed by atoms with Crippen LogP contribution in [0.2, 0.25) is 5.02 Å². The summed E-state index contributed by atoms with van der Waals surface area (Å²) < 4.78 is 20.9. The maximum atomic E-state index is 15.1. The second kappa shape index (κ2) is 18.5. The molecule has 0 aliphatic rings. The van der Waals surface area contributed by atoms with Crippen molar-refractivity contribution in [1.29, 1.82) is 0 Å². The second-order valence-corrected chi connectivity index (χ2v) is 11.8. The molecule has 46 heavy (non-hydrogen) atoms. The lowest BCUT2D eigenvalue weighted by molar-refractivity contribution is 0.277. The van der Waals surface area contributed by atoms with Crippen LogP contribution < -0.4 is 28.2 Å². The summed E-state index contributed by atoms with van der Waals surface area (Å²) in [6.45, 7) is 5.82. The van der Waals surface area contributed by atoms with Crippen LogP contribution in [0.3, 0.4) is 0 Å². The molecule has 0 saturated heterocycles. The Kier molecular flexibility index (Phi) is 14.8. The minimum atomic E-state index is -0.516. The predicted octanol–water partition coefficient (Wildman–Crippen LogP) is 5.24. The highest BCUT2D eigenvalue weighted by molar-refractivity contribution is 6.31. The molecule has 12 heteroatoms. The van der Waals surface area contributed by atoms with Gasteiger partial charge in [-0.25, -0.2) is 9.18 Å². The molecular formula is C34H48ClFN8O2. The standard InChI is InChI=1S/C32H42ClFN8O.C2H6O/c1-3-6-27(38-13-5-14-39-29(37)18-35)22-9-11-24(12-10-22)42-19-23-17-28(40-31(23)41-32(42)43)25-15-21(8-4-7-20(2)36)16-26(33)30(25)34;1-3-2/h9-12,15-17,19-20,27,38H,3-8,13-14,18,35-36H2,1-2H3,(H2,37,39)(H,40,41,43);1-2H3. The van der Waals surface area contributed by atoms with Crippen LogP contribution in [0.1, 0.15) is 63.1 Å². The SMILES string of the molecule is CCCC(NCCCN=C(N)CN)c1ccc(-n2cc3cc(-c4cc(CCCC(C)N)cc(Cl)c4F)[nH]c3nc2=O)cc1.COC. The van der Waals surface area contributed by atoms with Gasteiger partial charge in [-0.05, 0) is 87.0 Å². The van der Waals surface area contributed by atoms with Crippen molar-refractivity contribution < 1.29 is 9.13 Å². The van der Waals surface area contributed by atoms with Crippen molar-refractivity contribution in [2.45, 2.75) is 64.5 Å². The normalized spacial score (nSPS) is 13.0.